The van der Waals surface area contributed by atoms with Crippen LogP contribution in [0.15, 0.2) is 73.2 Å². The van der Waals surface area contributed by atoms with Gasteiger partial charge >= 0.3 is 0 Å². The lowest BCUT2D eigenvalue weighted by atomic mass is 10.1. The Bertz CT molecular complexity index is 910. The van der Waals surface area contributed by atoms with Gasteiger partial charge in [-0.2, -0.15) is 0 Å². The topological polar surface area (TPSA) is 54.9 Å². The molecule has 0 fully saturated rings. The highest BCUT2D eigenvalue weighted by Gasteiger charge is 2.02. The van der Waals surface area contributed by atoms with Crippen LogP contribution in [0.5, 0.6) is 0 Å². The van der Waals surface area contributed by atoms with Gasteiger partial charge in [0.1, 0.15) is 5.82 Å². The van der Waals surface area contributed by atoms with Crippen molar-refractivity contribution in [1.82, 2.24) is 15.3 Å². The number of aromatic nitrogens is 2. The Labute approximate surface area is 151 Å². The number of rotatable bonds is 6. The normalized spacial score (nSPS) is 10.8. The van der Waals surface area contributed by atoms with Crippen molar-refractivity contribution in [2.75, 3.05) is 6.54 Å². The monoisotopic (exact) mass is 347 g/mol. The SMILES string of the molecule is O=C(C=Cc1ccccc1F)NCCc1cccc(-c2cnccn2)c1. The van der Waals surface area contributed by atoms with E-state index in [0.717, 1.165) is 16.8 Å². The van der Waals surface area contributed by atoms with Gasteiger partial charge in [0.15, 0.2) is 0 Å². The quantitative estimate of drug-likeness (QED) is 0.693. The first kappa shape index (κ1) is 17.5. The number of benzene rings is 2. The summed E-state index contributed by atoms with van der Waals surface area (Å²) in [6.07, 6.45) is 8.51. The van der Waals surface area contributed by atoms with Gasteiger partial charge < -0.3 is 5.32 Å². The maximum atomic E-state index is 13.5. The van der Waals surface area contributed by atoms with Gasteiger partial charge in [-0.05, 0) is 30.2 Å². The molecule has 4 nitrogen and oxygen atoms in total. The molecule has 1 heterocycles. The number of amides is 1. The van der Waals surface area contributed by atoms with Crippen molar-refractivity contribution >= 4 is 12.0 Å². The third kappa shape index (κ3) is 4.83. The summed E-state index contributed by atoms with van der Waals surface area (Å²) in [6, 6.07) is 14.3. The van der Waals surface area contributed by atoms with Gasteiger partial charge in [-0.3, -0.25) is 14.8 Å². The lowest BCUT2D eigenvalue weighted by molar-refractivity contribution is -0.116. The first-order valence-corrected chi connectivity index (χ1v) is 8.28. The summed E-state index contributed by atoms with van der Waals surface area (Å²) in [5.74, 6) is -0.601. The fraction of sp³-hybridized carbons (Fsp3) is 0.0952. The van der Waals surface area contributed by atoms with Crippen LogP contribution in [0.25, 0.3) is 17.3 Å². The molecular formula is C21H18FN3O. The summed E-state index contributed by atoms with van der Waals surface area (Å²) in [7, 11) is 0. The van der Waals surface area contributed by atoms with E-state index in [1.165, 1.54) is 18.2 Å². The van der Waals surface area contributed by atoms with Crippen molar-refractivity contribution in [3.8, 4) is 11.3 Å². The van der Waals surface area contributed by atoms with Crippen molar-refractivity contribution in [2.24, 2.45) is 0 Å². The minimum absolute atomic E-state index is 0.252. The van der Waals surface area contributed by atoms with E-state index >= 15 is 0 Å². The highest BCUT2D eigenvalue weighted by molar-refractivity contribution is 5.91. The lowest BCUT2D eigenvalue weighted by Crippen LogP contribution is -2.23. The zero-order valence-electron chi connectivity index (χ0n) is 14.1. The fourth-order valence-corrected chi connectivity index (χ4v) is 2.50. The summed E-state index contributed by atoms with van der Waals surface area (Å²) in [5.41, 5.74) is 3.28. The molecule has 0 spiro atoms. The Morgan fingerprint density at radius 3 is 2.81 bits per heavy atom. The molecule has 1 aromatic heterocycles. The molecule has 0 saturated carbocycles. The molecule has 0 aliphatic carbocycles. The molecule has 0 atom stereocenters. The number of hydrogen-bond donors (Lipinski definition) is 1. The molecule has 5 heteroatoms. The van der Waals surface area contributed by atoms with Crippen molar-refractivity contribution in [2.45, 2.75) is 6.42 Å². The molecule has 130 valence electrons. The highest BCUT2D eigenvalue weighted by Crippen LogP contribution is 2.17. The van der Waals surface area contributed by atoms with Crippen LogP contribution in [0.4, 0.5) is 4.39 Å². The molecule has 0 aliphatic rings. The van der Waals surface area contributed by atoms with Gasteiger partial charge in [0, 0.05) is 36.1 Å². The van der Waals surface area contributed by atoms with E-state index in [1.807, 2.05) is 24.3 Å². The Morgan fingerprint density at radius 1 is 1.12 bits per heavy atom. The van der Waals surface area contributed by atoms with E-state index in [4.69, 9.17) is 0 Å². The molecule has 0 radical (unpaired) electrons. The molecule has 0 saturated heterocycles. The molecule has 3 aromatic rings. The smallest absolute Gasteiger partial charge is 0.244 e. The summed E-state index contributed by atoms with van der Waals surface area (Å²) in [5, 5.41) is 2.80. The Morgan fingerprint density at radius 2 is 2.00 bits per heavy atom. The number of carbonyl (C=O) groups excluding carboxylic acids is 1. The Balaban J connectivity index is 1.53. The Kier molecular flexibility index (Phi) is 5.83. The van der Waals surface area contributed by atoms with Crippen LogP contribution in [-0.4, -0.2) is 22.4 Å². The van der Waals surface area contributed by atoms with Gasteiger partial charge in [-0.1, -0.05) is 36.4 Å². The van der Waals surface area contributed by atoms with E-state index in [1.54, 1.807) is 36.8 Å². The summed E-state index contributed by atoms with van der Waals surface area (Å²) in [6.45, 7) is 0.490. The van der Waals surface area contributed by atoms with Gasteiger partial charge in [0.05, 0.1) is 11.9 Å². The van der Waals surface area contributed by atoms with E-state index in [9.17, 15) is 9.18 Å². The molecule has 1 amide bonds. The van der Waals surface area contributed by atoms with E-state index in [-0.39, 0.29) is 11.7 Å². The standard InChI is InChI=1S/C21H18FN3O/c22-19-7-2-1-5-17(19)8-9-21(26)25-11-10-16-4-3-6-18(14-16)20-15-23-12-13-24-20/h1-9,12-15H,10-11H2,(H,25,26). The third-order valence-corrected chi connectivity index (χ3v) is 3.82. The van der Waals surface area contributed by atoms with Gasteiger partial charge in [-0.25, -0.2) is 4.39 Å². The molecule has 0 unspecified atom stereocenters. The maximum Gasteiger partial charge on any atom is 0.244 e. The first-order chi connectivity index (χ1) is 12.7. The molecule has 0 aliphatic heterocycles. The van der Waals surface area contributed by atoms with Gasteiger partial charge in [0.25, 0.3) is 0 Å². The third-order valence-electron chi connectivity index (χ3n) is 3.82. The summed E-state index contributed by atoms with van der Waals surface area (Å²) < 4.78 is 13.5. The predicted octanol–water partition coefficient (Wildman–Crippen LogP) is 3.65. The average molecular weight is 347 g/mol. The molecule has 2 aromatic carbocycles. The molecule has 0 bridgehead atoms. The zero-order valence-corrected chi connectivity index (χ0v) is 14.1. The minimum atomic E-state index is -0.350. The largest absolute Gasteiger partial charge is 0.352 e. The second kappa shape index (κ2) is 8.67. The molecule has 1 N–H and O–H groups in total. The van der Waals surface area contributed by atoms with Crippen LogP contribution in [-0.2, 0) is 11.2 Å². The number of hydrogen-bond acceptors (Lipinski definition) is 3. The number of carbonyl (C=O) groups is 1. The van der Waals surface area contributed by atoms with Crippen molar-refractivity contribution in [1.29, 1.82) is 0 Å². The second-order valence-corrected chi connectivity index (χ2v) is 5.69. The van der Waals surface area contributed by atoms with Crippen molar-refractivity contribution in [3.05, 3.63) is 90.1 Å². The first-order valence-electron chi connectivity index (χ1n) is 8.28. The van der Waals surface area contributed by atoms with Gasteiger partial charge in [-0.15, -0.1) is 0 Å². The van der Waals surface area contributed by atoms with E-state index < -0.39 is 0 Å². The van der Waals surface area contributed by atoms with Crippen molar-refractivity contribution < 1.29 is 9.18 Å². The lowest BCUT2D eigenvalue weighted by Gasteiger charge is -2.05. The van der Waals surface area contributed by atoms with E-state index in [2.05, 4.69) is 15.3 Å². The second-order valence-electron chi connectivity index (χ2n) is 5.69. The molecule has 3 rings (SSSR count). The maximum absolute atomic E-state index is 13.5. The Hall–Kier alpha value is -3.34. The van der Waals surface area contributed by atoms with E-state index in [0.29, 0.717) is 18.5 Å². The van der Waals surface area contributed by atoms with Crippen LogP contribution in [0.1, 0.15) is 11.1 Å². The van der Waals surface area contributed by atoms with Crippen molar-refractivity contribution in [3.63, 3.8) is 0 Å². The van der Waals surface area contributed by atoms with Crippen LogP contribution >= 0.6 is 0 Å². The number of nitrogens with zero attached hydrogens (tertiary/aromatic N) is 2. The van der Waals surface area contributed by atoms with Crippen LogP contribution in [0.3, 0.4) is 0 Å². The van der Waals surface area contributed by atoms with Crippen LogP contribution in [0, 0.1) is 5.82 Å². The van der Waals surface area contributed by atoms with Gasteiger partial charge in [0.2, 0.25) is 5.91 Å². The zero-order chi connectivity index (χ0) is 18.2. The minimum Gasteiger partial charge on any atom is -0.352 e. The molecular weight excluding hydrogens is 329 g/mol. The highest BCUT2D eigenvalue weighted by atomic mass is 19.1. The average Bonchev–Trinajstić information content (AvgIpc) is 2.68. The number of halogens is 1. The number of nitrogens with one attached hydrogen (secondary N) is 1. The summed E-state index contributed by atoms with van der Waals surface area (Å²) in [4.78, 5) is 20.2. The van der Waals surface area contributed by atoms with Crippen LogP contribution in [0.2, 0.25) is 0 Å². The summed E-state index contributed by atoms with van der Waals surface area (Å²) >= 11 is 0. The molecule has 26 heavy (non-hydrogen) atoms. The fourth-order valence-electron chi connectivity index (χ4n) is 2.50. The van der Waals surface area contributed by atoms with Crippen LogP contribution < -0.4 is 5.32 Å². The predicted molar refractivity (Wildman–Crippen MR) is 99.6 cm³/mol.